The maximum absolute atomic E-state index is 14.5. The molecule has 4 rings (SSSR count). The fourth-order valence-corrected chi connectivity index (χ4v) is 3.86. The summed E-state index contributed by atoms with van der Waals surface area (Å²) in [6, 6.07) is 4.37. The lowest BCUT2D eigenvalue weighted by Gasteiger charge is -2.33. The number of carbonyl (C=O) groups is 1. The second kappa shape index (κ2) is 8.98. The number of hydrogen-bond acceptors (Lipinski definition) is 4. The number of halogens is 4. The van der Waals surface area contributed by atoms with Crippen LogP contribution >= 0.6 is 0 Å². The molecule has 0 bridgehead atoms. The zero-order valence-electron chi connectivity index (χ0n) is 17.7. The van der Waals surface area contributed by atoms with Gasteiger partial charge in [-0.2, -0.15) is 18.3 Å². The third-order valence-electron chi connectivity index (χ3n) is 5.72. The molecule has 2 fully saturated rings. The van der Waals surface area contributed by atoms with Gasteiger partial charge in [0.1, 0.15) is 17.7 Å². The summed E-state index contributed by atoms with van der Waals surface area (Å²) in [5, 5.41) is 10.1. The lowest BCUT2D eigenvalue weighted by molar-refractivity contribution is -0.127. The van der Waals surface area contributed by atoms with Crippen molar-refractivity contribution in [3.8, 4) is 11.8 Å². The first-order chi connectivity index (χ1) is 15.2. The van der Waals surface area contributed by atoms with Crippen LogP contribution in [0.2, 0.25) is 0 Å². The van der Waals surface area contributed by atoms with Crippen LogP contribution in [-0.4, -0.2) is 65.5 Å². The minimum absolute atomic E-state index is 0.00239. The molecule has 3 heterocycles. The molecule has 2 aliphatic rings. The van der Waals surface area contributed by atoms with Crippen molar-refractivity contribution in [2.45, 2.75) is 44.1 Å². The molecule has 1 saturated carbocycles. The van der Waals surface area contributed by atoms with Gasteiger partial charge in [-0.1, -0.05) is 12.0 Å². The number of nitrogens with zero attached hydrogens (tertiary/aromatic N) is 3. The van der Waals surface area contributed by atoms with Crippen LogP contribution in [0.1, 0.15) is 30.5 Å². The standard InChI is InChI=1S/C22H25F4N5O/c1-30-11-9-18(16(23)13-30)28-20-6-2-5-19-15(12-22(24,25)26)17(29-31(19)20)4-3-10-27-21(32)14-7-8-14/h2,5-6,14,16,18,28H,7-13H2,1H3,(H,27,32)/t16-,18+/m0/s1. The van der Waals surface area contributed by atoms with Gasteiger partial charge in [-0.3, -0.25) is 4.79 Å². The molecule has 0 unspecified atom stereocenters. The van der Waals surface area contributed by atoms with E-state index in [1.165, 1.54) is 4.52 Å². The number of aromatic nitrogens is 2. The molecule has 0 aromatic carbocycles. The molecule has 172 valence electrons. The summed E-state index contributed by atoms with van der Waals surface area (Å²) >= 11 is 0. The summed E-state index contributed by atoms with van der Waals surface area (Å²) in [6.07, 6.45) is -4.45. The van der Waals surface area contributed by atoms with Gasteiger partial charge in [0.25, 0.3) is 0 Å². The van der Waals surface area contributed by atoms with Crippen LogP contribution in [0, 0.1) is 17.8 Å². The smallest absolute Gasteiger partial charge is 0.364 e. The van der Waals surface area contributed by atoms with Gasteiger partial charge in [0.15, 0.2) is 0 Å². The van der Waals surface area contributed by atoms with E-state index in [4.69, 9.17) is 0 Å². The molecule has 1 aliphatic carbocycles. The van der Waals surface area contributed by atoms with Crippen molar-refractivity contribution in [2.75, 3.05) is 32.0 Å². The Kier molecular flexibility index (Phi) is 6.29. The lowest BCUT2D eigenvalue weighted by atomic mass is 10.0. The number of hydrogen-bond donors (Lipinski definition) is 2. The van der Waals surface area contributed by atoms with Gasteiger partial charge >= 0.3 is 6.18 Å². The van der Waals surface area contributed by atoms with E-state index in [1.54, 1.807) is 18.2 Å². The monoisotopic (exact) mass is 451 g/mol. The minimum Gasteiger partial charge on any atom is -0.364 e. The van der Waals surface area contributed by atoms with Gasteiger partial charge in [-0.15, -0.1) is 0 Å². The topological polar surface area (TPSA) is 61.7 Å². The van der Waals surface area contributed by atoms with Gasteiger partial charge in [-0.05, 0) is 44.4 Å². The first kappa shape index (κ1) is 22.4. The summed E-state index contributed by atoms with van der Waals surface area (Å²) in [5.74, 6) is 5.74. The van der Waals surface area contributed by atoms with Crippen molar-refractivity contribution < 1.29 is 22.4 Å². The normalized spacial score (nSPS) is 21.8. The third-order valence-corrected chi connectivity index (χ3v) is 5.72. The molecule has 1 saturated heterocycles. The largest absolute Gasteiger partial charge is 0.393 e. The zero-order chi connectivity index (χ0) is 22.9. The second-order valence-electron chi connectivity index (χ2n) is 8.44. The van der Waals surface area contributed by atoms with Crippen LogP contribution in [0.3, 0.4) is 0 Å². The van der Waals surface area contributed by atoms with Gasteiger partial charge in [-0.25, -0.2) is 8.91 Å². The summed E-state index contributed by atoms with van der Waals surface area (Å²) in [6.45, 7) is 1.05. The molecule has 32 heavy (non-hydrogen) atoms. The molecule has 2 aromatic heterocycles. The highest BCUT2D eigenvalue weighted by Crippen LogP contribution is 2.29. The number of amides is 1. The summed E-state index contributed by atoms with van der Waals surface area (Å²) < 4.78 is 55.6. The SMILES string of the molecule is CN1CC[C@@H](Nc2cccc3c(CC(F)(F)F)c(C#CCNC(=O)C4CC4)nn23)[C@@H](F)C1. The number of likely N-dealkylation sites (tertiary alicyclic amines) is 1. The van der Waals surface area contributed by atoms with Crippen LogP contribution in [0.15, 0.2) is 18.2 Å². The van der Waals surface area contributed by atoms with Gasteiger partial charge < -0.3 is 15.5 Å². The van der Waals surface area contributed by atoms with Gasteiger partial charge in [0.05, 0.1) is 24.5 Å². The van der Waals surface area contributed by atoms with Gasteiger partial charge in [0, 0.05) is 24.6 Å². The number of fused-ring (bicyclic) bond motifs is 1. The van der Waals surface area contributed by atoms with E-state index in [0.29, 0.717) is 12.2 Å². The fourth-order valence-electron chi connectivity index (χ4n) is 3.86. The first-order valence-electron chi connectivity index (χ1n) is 10.6. The van der Waals surface area contributed by atoms with Crippen LogP contribution in [-0.2, 0) is 11.2 Å². The minimum atomic E-state index is -4.44. The highest BCUT2D eigenvalue weighted by atomic mass is 19.4. The van der Waals surface area contributed by atoms with E-state index in [2.05, 4.69) is 27.6 Å². The lowest BCUT2D eigenvalue weighted by Crippen LogP contribution is -2.46. The predicted octanol–water partition coefficient (Wildman–Crippen LogP) is 2.77. The molecule has 10 heteroatoms. The average molecular weight is 451 g/mol. The van der Waals surface area contributed by atoms with E-state index >= 15 is 0 Å². The Bertz CT molecular complexity index is 1050. The van der Waals surface area contributed by atoms with Crippen LogP contribution in [0.25, 0.3) is 5.52 Å². The molecule has 1 aliphatic heterocycles. The molecule has 1 amide bonds. The number of nitrogens with one attached hydrogen (secondary N) is 2. The third kappa shape index (κ3) is 5.33. The fraction of sp³-hybridized carbons (Fsp3) is 0.545. The van der Waals surface area contributed by atoms with Crippen LogP contribution in [0.4, 0.5) is 23.4 Å². The quantitative estimate of drug-likeness (QED) is 0.542. The van der Waals surface area contributed by atoms with E-state index in [9.17, 15) is 22.4 Å². The molecular formula is C22H25F4N5O. The Morgan fingerprint density at radius 1 is 1.28 bits per heavy atom. The van der Waals surface area contributed by atoms with Crippen molar-refractivity contribution in [3.05, 3.63) is 29.5 Å². The number of rotatable bonds is 5. The summed E-state index contributed by atoms with van der Waals surface area (Å²) in [7, 11) is 1.85. The second-order valence-corrected chi connectivity index (χ2v) is 8.44. The summed E-state index contributed by atoms with van der Waals surface area (Å²) in [5.41, 5.74) is 0.224. The zero-order valence-corrected chi connectivity index (χ0v) is 17.7. The number of anilines is 1. The molecule has 2 aromatic rings. The molecule has 2 N–H and O–H groups in total. The Balaban J connectivity index is 1.61. The Labute approximate surface area is 183 Å². The van der Waals surface area contributed by atoms with E-state index in [1.807, 2.05) is 11.9 Å². The molecule has 0 spiro atoms. The Morgan fingerprint density at radius 3 is 2.75 bits per heavy atom. The average Bonchev–Trinajstić information content (AvgIpc) is 3.51. The molecule has 6 nitrogen and oxygen atoms in total. The Morgan fingerprint density at radius 2 is 2.06 bits per heavy atom. The maximum atomic E-state index is 14.5. The maximum Gasteiger partial charge on any atom is 0.393 e. The number of alkyl halides is 4. The van der Waals surface area contributed by atoms with Gasteiger partial charge in [0.2, 0.25) is 5.91 Å². The Hall–Kier alpha value is -2.80. The predicted molar refractivity (Wildman–Crippen MR) is 112 cm³/mol. The van der Waals surface area contributed by atoms with Crippen molar-refractivity contribution in [2.24, 2.45) is 5.92 Å². The van der Waals surface area contributed by atoms with E-state index < -0.39 is 24.8 Å². The van der Waals surface area contributed by atoms with Crippen LogP contribution in [0.5, 0.6) is 0 Å². The number of piperidine rings is 1. The first-order valence-corrected chi connectivity index (χ1v) is 10.6. The number of pyridine rings is 1. The van der Waals surface area contributed by atoms with Crippen molar-refractivity contribution >= 4 is 17.2 Å². The van der Waals surface area contributed by atoms with Crippen molar-refractivity contribution in [1.82, 2.24) is 19.8 Å². The number of carbonyl (C=O) groups excluding carboxylic acids is 1. The van der Waals surface area contributed by atoms with E-state index in [0.717, 1.165) is 19.4 Å². The van der Waals surface area contributed by atoms with Crippen LogP contribution < -0.4 is 10.6 Å². The van der Waals surface area contributed by atoms with E-state index in [-0.39, 0.29) is 41.7 Å². The molecule has 0 radical (unpaired) electrons. The summed E-state index contributed by atoms with van der Waals surface area (Å²) in [4.78, 5) is 13.6. The molecular weight excluding hydrogens is 426 g/mol. The highest BCUT2D eigenvalue weighted by molar-refractivity contribution is 5.81. The highest BCUT2D eigenvalue weighted by Gasteiger charge is 2.32. The van der Waals surface area contributed by atoms with Crippen molar-refractivity contribution in [1.29, 1.82) is 0 Å². The van der Waals surface area contributed by atoms with Crippen molar-refractivity contribution in [3.63, 3.8) is 0 Å². The molecule has 2 atom stereocenters.